The van der Waals surface area contributed by atoms with Crippen molar-refractivity contribution in [1.29, 1.82) is 0 Å². The number of carbonyl (C=O) groups is 1. The van der Waals surface area contributed by atoms with Crippen molar-refractivity contribution < 1.29 is 4.79 Å². The maximum Gasteiger partial charge on any atom is 0.256 e. The van der Waals surface area contributed by atoms with Gasteiger partial charge in [-0.1, -0.05) is 6.07 Å². The normalized spacial score (nSPS) is 26.5. The Kier molecular flexibility index (Phi) is 2.35. The van der Waals surface area contributed by atoms with Crippen LogP contribution in [0.4, 0.5) is 5.69 Å². The summed E-state index contributed by atoms with van der Waals surface area (Å²) in [5.74, 6) is 0.852. The molecule has 0 aromatic heterocycles. The fraction of sp³-hybridized carbons (Fsp3) is 0.500. The van der Waals surface area contributed by atoms with Crippen LogP contribution in [0.2, 0.25) is 0 Å². The van der Waals surface area contributed by atoms with Gasteiger partial charge >= 0.3 is 0 Å². The van der Waals surface area contributed by atoms with Crippen LogP contribution in [0.5, 0.6) is 0 Å². The molecule has 2 unspecified atom stereocenters. The Bertz CT molecular complexity index is 469. The Labute approximate surface area is 102 Å². The summed E-state index contributed by atoms with van der Waals surface area (Å²) >= 11 is 0. The van der Waals surface area contributed by atoms with Crippen molar-refractivity contribution in [2.45, 2.75) is 32.2 Å². The second kappa shape index (κ2) is 3.76. The minimum absolute atomic E-state index is 0.120. The zero-order valence-electron chi connectivity index (χ0n) is 10.1. The van der Waals surface area contributed by atoms with Gasteiger partial charge in [-0.05, 0) is 49.8 Å². The molecule has 2 aliphatic rings. The third kappa shape index (κ3) is 1.70. The van der Waals surface area contributed by atoms with Crippen LogP contribution in [-0.2, 0) is 0 Å². The number of piperidine rings is 1. The Balaban J connectivity index is 1.87. The first-order chi connectivity index (χ1) is 8.15. The summed E-state index contributed by atoms with van der Waals surface area (Å²) in [7, 11) is 0. The van der Waals surface area contributed by atoms with Gasteiger partial charge in [-0.25, -0.2) is 0 Å². The number of hydrogen-bond acceptors (Lipinski definition) is 2. The van der Waals surface area contributed by atoms with Crippen molar-refractivity contribution in [3.63, 3.8) is 0 Å². The molecule has 1 amide bonds. The highest BCUT2D eigenvalue weighted by Gasteiger charge is 2.40. The molecular formula is C14H18N2O. The molecular weight excluding hydrogens is 212 g/mol. The van der Waals surface area contributed by atoms with E-state index in [9.17, 15) is 4.79 Å². The summed E-state index contributed by atoms with van der Waals surface area (Å²) in [5.41, 5.74) is 8.32. The Morgan fingerprint density at radius 1 is 1.41 bits per heavy atom. The van der Waals surface area contributed by atoms with Crippen LogP contribution in [0, 0.1) is 12.8 Å². The van der Waals surface area contributed by atoms with E-state index in [0.29, 0.717) is 17.3 Å². The minimum atomic E-state index is 0.120. The fourth-order valence-electron chi connectivity index (χ4n) is 3.21. The van der Waals surface area contributed by atoms with Crippen LogP contribution in [0.3, 0.4) is 0 Å². The highest BCUT2D eigenvalue weighted by Crippen LogP contribution is 2.38. The van der Waals surface area contributed by atoms with Crippen LogP contribution < -0.4 is 5.73 Å². The van der Waals surface area contributed by atoms with Crippen LogP contribution in [-0.4, -0.2) is 23.4 Å². The topological polar surface area (TPSA) is 46.3 Å². The SMILES string of the molecule is Cc1ccc(C(=O)N2CC3CCC2C3)c(N)c1. The average Bonchev–Trinajstić information content (AvgIpc) is 2.89. The van der Waals surface area contributed by atoms with E-state index in [0.717, 1.165) is 18.0 Å². The molecule has 1 aliphatic carbocycles. The lowest BCUT2D eigenvalue weighted by atomic mass is 10.1. The Hall–Kier alpha value is -1.51. The monoisotopic (exact) mass is 230 g/mol. The van der Waals surface area contributed by atoms with Crippen LogP contribution in [0.1, 0.15) is 35.2 Å². The van der Waals surface area contributed by atoms with Crippen molar-refractivity contribution >= 4 is 11.6 Å². The number of nitrogen functional groups attached to an aromatic ring is 1. The van der Waals surface area contributed by atoms with Gasteiger partial charge in [0, 0.05) is 18.3 Å². The molecule has 90 valence electrons. The number of amides is 1. The van der Waals surface area contributed by atoms with E-state index in [1.165, 1.54) is 19.3 Å². The molecule has 3 rings (SSSR count). The molecule has 2 N–H and O–H groups in total. The van der Waals surface area contributed by atoms with Crippen LogP contribution in [0.25, 0.3) is 0 Å². The summed E-state index contributed by atoms with van der Waals surface area (Å²) in [5, 5.41) is 0. The number of benzene rings is 1. The maximum absolute atomic E-state index is 12.4. The summed E-state index contributed by atoms with van der Waals surface area (Å²) in [6.45, 7) is 2.92. The van der Waals surface area contributed by atoms with Gasteiger partial charge in [0.1, 0.15) is 0 Å². The molecule has 3 heteroatoms. The van der Waals surface area contributed by atoms with E-state index in [4.69, 9.17) is 5.73 Å². The largest absolute Gasteiger partial charge is 0.398 e. The number of anilines is 1. The highest BCUT2D eigenvalue weighted by atomic mass is 16.2. The van der Waals surface area contributed by atoms with E-state index < -0.39 is 0 Å². The molecule has 3 nitrogen and oxygen atoms in total. The van der Waals surface area contributed by atoms with Crippen molar-refractivity contribution in [2.24, 2.45) is 5.92 Å². The standard InChI is InChI=1S/C14H18N2O/c1-9-2-5-12(13(15)6-9)14(17)16-8-10-3-4-11(16)7-10/h2,5-6,10-11H,3-4,7-8,15H2,1H3. The van der Waals surface area contributed by atoms with Gasteiger partial charge in [-0.3, -0.25) is 4.79 Å². The lowest BCUT2D eigenvalue weighted by Gasteiger charge is -2.27. The minimum Gasteiger partial charge on any atom is -0.398 e. The molecule has 2 fully saturated rings. The third-order valence-electron chi connectivity index (χ3n) is 4.11. The van der Waals surface area contributed by atoms with Gasteiger partial charge < -0.3 is 10.6 Å². The zero-order valence-corrected chi connectivity index (χ0v) is 10.1. The van der Waals surface area contributed by atoms with E-state index in [1.54, 1.807) is 0 Å². The fourth-order valence-corrected chi connectivity index (χ4v) is 3.21. The molecule has 1 saturated carbocycles. The van der Waals surface area contributed by atoms with Gasteiger partial charge in [0.05, 0.1) is 5.56 Å². The Morgan fingerprint density at radius 2 is 2.24 bits per heavy atom. The first-order valence-electron chi connectivity index (χ1n) is 6.32. The summed E-state index contributed by atoms with van der Waals surface area (Å²) < 4.78 is 0. The van der Waals surface area contributed by atoms with Crippen LogP contribution >= 0.6 is 0 Å². The lowest BCUT2D eigenvalue weighted by molar-refractivity contribution is 0.0704. The van der Waals surface area contributed by atoms with Gasteiger partial charge in [-0.15, -0.1) is 0 Å². The molecule has 17 heavy (non-hydrogen) atoms. The molecule has 2 bridgehead atoms. The van der Waals surface area contributed by atoms with E-state index in [2.05, 4.69) is 0 Å². The van der Waals surface area contributed by atoms with Crippen molar-refractivity contribution in [3.05, 3.63) is 29.3 Å². The molecule has 0 spiro atoms. The maximum atomic E-state index is 12.4. The predicted molar refractivity (Wildman–Crippen MR) is 67.8 cm³/mol. The molecule has 1 aliphatic heterocycles. The number of hydrogen-bond donors (Lipinski definition) is 1. The van der Waals surface area contributed by atoms with E-state index in [1.807, 2.05) is 30.0 Å². The number of aryl methyl sites for hydroxylation is 1. The van der Waals surface area contributed by atoms with Crippen molar-refractivity contribution in [3.8, 4) is 0 Å². The smallest absolute Gasteiger partial charge is 0.256 e. The quantitative estimate of drug-likeness (QED) is 0.752. The first kappa shape index (κ1) is 10.6. The first-order valence-corrected chi connectivity index (χ1v) is 6.32. The summed E-state index contributed by atoms with van der Waals surface area (Å²) in [6, 6.07) is 6.16. The van der Waals surface area contributed by atoms with E-state index in [-0.39, 0.29) is 5.91 Å². The number of fused-ring (bicyclic) bond motifs is 2. The second-order valence-corrected chi connectivity index (χ2v) is 5.38. The van der Waals surface area contributed by atoms with Crippen molar-refractivity contribution in [2.75, 3.05) is 12.3 Å². The Morgan fingerprint density at radius 3 is 2.82 bits per heavy atom. The van der Waals surface area contributed by atoms with Gasteiger partial charge in [0.25, 0.3) is 5.91 Å². The van der Waals surface area contributed by atoms with Crippen molar-refractivity contribution in [1.82, 2.24) is 4.90 Å². The average molecular weight is 230 g/mol. The van der Waals surface area contributed by atoms with Gasteiger partial charge in [0.15, 0.2) is 0 Å². The molecule has 2 atom stereocenters. The van der Waals surface area contributed by atoms with E-state index >= 15 is 0 Å². The molecule has 0 radical (unpaired) electrons. The number of nitrogens with two attached hydrogens (primary N) is 1. The third-order valence-corrected chi connectivity index (χ3v) is 4.11. The lowest BCUT2D eigenvalue weighted by Crippen LogP contribution is -2.37. The predicted octanol–water partition coefficient (Wildman–Crippen LogP) is 2.20. The number of rotatable bonds is 1. The van der Waals surface area contributed by atoms with Gasteiger partial charge in [-0.2, -0.15) is 0 Å². The molecule has 1 aromatic rings. The van der Waals surface area contributed by atoms with Crippen LogP contribution in [0.15, 0.2) is 18.2 Å². The summed E-state index contributed by atoms with van der Waals surface area (Å²) in [4.78, 5) is 14.4. The zero-order chi connectivity index (χ0) is 12.0. The molecule has 1 aromatic carbocycles. The highest BCUT2D eigenvalue weighted by molar-refractivity contribution is 5.99. The number of carbonyl (C=O) groups excluding carboxylic acids is 1. The molecule has 1 saturated heterocycles. The molecule has 1 heterocycles. The number of nitrogens with zero attached hydrogens (tertiary/aromatic N) is 1. The van der Waals surface area contributed by atoms with Gasteiger partial charge in [0.2, 0.25) is 0 Å². The second-order valence-electron chi connectivity index (χ2n) is 5.38. The number of likely N-dealkylation sites (tertiary alicyclic amines) is 1. The summed E-state index contributed by atoms with van der Waals surface area (Å²) in [6.07, 6.45) is 3.65.